The van der Waals surface area contributed by atoms with Crippen molar-refractivity contribution in [3.05, 3.63) is 167 Å². The van der Waals surface area contributed by atoms with E-state index in [9.17, 15) is 26.3 Å². The Morgan fingerprint density at radius 3 is 1.47 bits per heavy atom. The number of imidazole rings is 2. The lowest BCUT2D eigenvalue weighted by Crippen LogP contribution is -2.10. The molecule has 12 nitrogen and oxygen atoms in total. The Morgan fingerprint density at radius 1 is 0.461 bits per heavy atom. The second-order valence-corrected chi connectivity index (χ2v) is 19.5. The number of hydrogen-bond acceptors (Lipinski definition) is 10. The van der Waals surface area contributed by atoms with Gasteiger partial charge in [0.1, 0.15) is 23.3 Å². The second-order valence-electron chi connectivity index (χ2n) is 19.5. The van der Waals surface area contributed by atoms with Crippen LogP contribution in [0, 0.1) is 0 Å². The van der Waals surface area contributed by atoms with Crippen LogP contribution in [-0.4, -0.2) is 49.0 Å². The molecule has 0 radical (unpaired) electrons. The first-order valence-electron chi connectivity index (χ1n) is 24.7. The summed E-state index contributed by atoms with van der Waals surface area (Å²) in [7, 11) is 3.08. The molecule has 0 amide bonds. The molecule has 0 aliphatic rings. The highest BCUT2D eigenvalue weighted by atomic mass is 19.4. The van der Waals surface area contributed by atoms with E-state index in [1.54, 1.807) is 37.5 Å². The van der Waals surface area contributed by atoms with Gasteiger partial charge in [-0.15, -0.1) is 0 Å². The number of rotatable bonds is 13. The van der Waals surface area contributed by atoms with Gasteiger partial charge in [0.15, 0.2) is 34.3 Å². The lowest BCUT2D eigenvalue weighted by Gasteiger charge is -2.19. The number of fused-ring (bicyclic) bond motifs is 2. The lowest BCUT2D eigenvalue weighted by atomic mass is 9.93. The van der Waals surface area contributed by atoms with E-state index in [0.717, 1.165) is 51.3 Å². The molecule has 0 aliphatic heterocycles. The summed E-state index contributed by atoms with van der Waals surface area (Å²) >= 11 is 0. The maximum absolute atomic E-state index is 13.5. The molecular formula is C58H52F6N12. The number of halogens is 6. The van der Waals surface area contributed by atoms with Gasteiger partial charge in [0.2, 0.25) is 0 Å². The Kier molecular flexibility index (Phi) is 13.4. The van der Waals surface area contributed by atoms with E-state index < -0.39 is 23.7 Å². The van der Waals surface area contributed by atoms with Gasteiger partial charge in [-0.3, -0.25) is 0 Å². The molecule has 0 unspecified atom stereocenters. The average Bonchev–Trinajstić information content (AvgIpc) is 4.02. The average molecular weight is 1030 g/mol. The first-order valence-corrected chi connectivity index (χ1v) is 24.7. The van der Waals surface area contributed by atoms with Crippen molar-refractivity contribution in [1.29, 1.82) is 0 Å². The van der Waals surface area contributed by atoms with Gasteiger partial charge >= 0.3 is 12.4 Å². The number of nitrogens with one attached hydrogen (secondary N) is 2. The summed E-state index contributed by atoms with van der Waals surface area (Å²) in [6.07, 6.45) is -5.47. The molecule has 0 saturated heterocycles. The van der Waals surface area contributed by atoms with Crippen LogP contribution < -0.4 is 10.6 Å². The number of hydrogen-bond donors (Lipinski definition) is 2. The van der Waals surface area contributed by atoms with Crippen LogP contribution in [-0.2, 0) is 26.4 Å². The third-order valence-electron chi connectivity index (χ3n) is 13.4. The number of alkyl halides is 6. The van der Waals surface area contributed by atoms with E-state index in [1.807, 2.05) is 92.7 Å². The Bertz CT molecular complexity index is 3770. The SMILES string of the molecule is CC(C)c1ccc(-c2ccc3c(N[C@H](C)c4ccc(-c5nc(C(F)(F)F)cn5C)cc4)nc(-c4ccccc4C(C)C)nc3n2)cc1-c1nc(N[C@@H](C)c2ccc(-c3nc(C(F)(F)F)cn3C)cc2)c2cccnc2n1. The largest absolute Gasteiger partial charge is 0.434 e. The van der Waals surface area contributed by atoms with Crippen LogP contribution in [0.4, 0.5) is 38.0 Å². The van der Waals surface area contributed by atoms with Gasteiger partial charge in [0, 0.05) is 72.6 Å². The minimum Gasteiger partial charge on any atom is -0.363 e. The zero-order valence-electron chi connectivity index (χ0n) is 42.8. The van der Waals surface area contributed by atoms with Gasteiger partial charge in [0.25, 0.3) is 0 Å². The summed E-state index contributed by atoms with van der Waals surface area (Å²) in [6, 6.07) is 35.7. The van der Waals surface area contributed by atoms with Crippen LogP contribution >= 0.6 is 0 Å². The first-order chi connectivity index (χ1) is 36.2. The van der Waals surface area contributed by atoms with Crippen molar-refractivity contribution in [3.8, 4) is 56.8 Å². The molecule has 6 heterocycles. The van der Waals surface area contributed by atoms with Crippen molar-refractivity contribution in [2.75, 3.05) is 10.6 Å². The highest BCUT2D eigenvalue weighted by Gasteiger charge is 2.36. The summed E-state index contributed by atoms with van der Waals surface area (Å²) in [5.74, 6) is 2.71. The van der Waals surface area contributed by atoms with Crippen LogP contribution in [0.15, 0.2) is 134 Å². The molecule has 6 aromatic heterocycles. The fraction of sp³-hybridized carbons (Fsp3) is 0.241. The van der Waals surface area contributed by atoms with E-state index in [0.29, 0.717) is 62.2 Å². The van der Waals surface area contributed by atoms with Crippen molar-refractivity contribution in [2.45, 2.75) is 77.8 Å². The monoisotopic (exact) mass is 1030 g/mol. The van der Waals surface area contributed by atoms with Crippen molar-refractivity contribution in [3.63, 3.8) is 0 Å². The molecule has 2 N–H and O–H groups in total. The molecule has 0 fully saturated rings. The van der Waals surface area contributed by atoms with Crippen LogP contribution in [0.25, 0.3) is 78.9 Å². The van der Waals surface area contributed by atoms with Crippen LogP contribution in [0.3, 0.4) is 0 Å². The fourth-order valence-electron chi connectivity index (χ4n) is 9.37. The Morgan fingerprint density at radius 2 is 0.947 bits per heavy atom. The van der Waals surface area contributed by atoms with Gasteiger partial charge in [-0.05, 0) is 78.3 Å². The van der Waals surface area contributed by atoms with Gasteiger partial charge < -0.3 is 19.8 Å². The quantitative estimate of drug-likeness (QED) is 0.107. The lowest BCUT2D eigenvalue weighted by molar-refractivity contribution is -0.141. The summed E-state index contributed by atoms with van der Waals surface area (Å²) < 4.78 is 83.5. The Labute approximate surface area is 434 Å². The minimum absolute atomic E-state index is 0.0802. The second kappa shape index (κ2) is 20.0. The number of anilines is 2. The molecule has 0 saturated carbocycles. The van der Waals surface area contributed by atoms with Gasteiger partial charge in [0.05, 0.1) is 16.5 Å². The van der Waals surface area contributed by atoms with Gasteiger partial charge in [-0.2, -0.15) is 26.3 Å². The predicted molar refractivity (Wildman–Crippen MR) is 284 cm³/mol. The molecule has 76 heavy (non-hydrogen) atoms. The molecule has 10 aromatic rings. The summed E-state index contributed by atoms with van der Waals surface area (Å²) in [5, 5.41) is 8.55. The highest BCUT2D eigenvalue weighted by Crippen LogP contribution is 2.38. The van der Waals surface area contributed by atoms with Gasteiger partial charge in [-0.25, -0.2) is 39.9 Å². The van der Waals surface area contributed by atoms with Crippen LogP contribution in [0.5, 0.6) is 0 Å². The number of benzene rings is 4. The molecule has 2 atom stereocenters. The van der Waals surface area contributed by atoms with Crippen molar-refractivity contribution in [2.24, 2.45) is 14.1 Å². The molecule has 0 spiro atoms. The van der Waals surface area contributed by atoms with Crippen LogP contribution in [0.1, 0.15) is 99.1 Å². The van der Waals surface area contributed by atoms with E-state index >= 15 is 0 Å². The fourth-order valence-corrected chi connectivity index (χ4v) is 9.37. The molecule has 386 valence electrons. The van der Waals surface area contributed by atoms with Crippen molar-refractivity contribution < 1.29 is 26.3 Å². The van der Waals surface area contributed by atoms with Crippen molar-refractivity contribution >= 4 is 33.7 Å². The molecule has 10 rings (SSSR count). The number of nitrogens with zero attached hydrogens (tertiary/aromatic N) is 10. The highest BCUT2D eigenvalue weighted by molar-refractivity contribution is 5.91. The molecule has 4 aromatic carbocycles. The Balaban J connectivity index is 0.998. The number of aromatic nitrogens is 10. The maximum atomic E-state index is 13.5. The standard InChI is InChI=1S/C58H52F6N12/c1-31(2)40-12-9-10-13-42(40)50-72-52(67-34(6)36-17-21-38(22-18-36)56-70-48(30-76(56)8)58(62,63)64)44-25-26-46(68-53(44)73-50)39-23-24-41(32(3)4)45(28-39)54-71-49-43(14-11-27-65-49)51(74-54)66-33(5)35-15-19-37(20-16-35)55-69-47(29-75(55)7)57(59,60)61/h9-34H,1-8H3,(H,65,66,71,74)(H,67,68,72,73)/t33-,34+/m0/s1. The number of aryl methyl sites for hydroxylation is 2. The molecule has 0 aliphatic carbocycles. The van der Waals surface area contributed by atoms with Crippen LogP contribution in [0.2, 0.25) is 0 Å². The third-order valence-corrected chi connectivity index (χ3v) is 13.4. The van der Waals surface area contributed by atoms with E-state index in [1.165, 1.54) is 16.2 Å². The Hall–Kier alpha value is -8.54. The summed E-state index contributed by atoms with van der Waals surface area (Å²) in [4.78, 5) is 38.0. The summed E-state index contributed by atoms with van der Waals surface area (Å²) in [6.45, 7) is 12.4. The predicted octanol–water partition coefficient (Wildman–Crippen LogP) is 14.8. The van der Waals surface area contributed by atoms with E-state index in [2.05, 4.69) is 65.4 Å². The molecular weight excluding hydrogens is 979 g/mol. The minimum atomic E-state index is -4.56. The molecule has 18 heteroatoms. The van der Waals surface area contributed by atoms with E-state index in [-0.39, 0.29) is 35.6 Å². The topological polar surface area (TPSA) is 137 Å². The zero-order valence-corrected chi connectivity index (χ0v) is 42.8. The van der Waals surface area contributed by atoms with Crippen molar-refractivity contribution in [1.82, 2.24) is 49.0 Å². The zero-order chi connectivity index (χ0) is 53.8. The first kappa shape index (κ1) is 51.0. The smallest absolute Gasteiger partial charge is 0.363 e. The summed E-state index contributed by atoms with van der Waals surface area (Å²) in [5.41, 5.74) is 7.06. The van der Waals surface area contributed by atoms with Gasteiger partial charge in [-0.1, -0.05) is 113 Å². The number of pyridine rings is 2. The molecule has 0 bridgehead atoms. The van der Waals surface area contributed by atoms with E-state index in [4.69, 9.17) is 24.9 Å². The maximum Gasteiger partial charge on any atom is 0.434 e. The normalized spacial score (nSPS) is 13.0. The third kappa shape index (κ3) is 10.2.